The van der Waals surface area contributed by atoms with E-state index in [9.17, 15) is 22.8 Å². The second-order valence-corrected chi connectivity index (χ2v) is 11.3. The van der Waals surface area contributed by atoms with Gasteiger partial charge in [-0.15, -0.1) is 0 Å². The first kappa shape index (κ1) is 29.3. The van der Waals surface area contributed by atoms with Crippen molar-refractivity contribution in [3.8, 4) is 5.88 Å². The number of hydrogen-bond donors (Lipinski definition) is 1. The number of rotatable bonds is 6. The molecule has 0 spiro atoms. The minimum Gasteiger partial charge on any atom is -0.476 e. The Bertz CT molecular complexity index is 1140. The fourth-order valence-corrected chi connectivity index (χ4v) is 4.33. The molecule has 3 rings (SSSR count). The van der Waals surface area contributed by atoms with Crippen molar-refractivity contribution in [2.75, 3.05) is 19.7 Å². The van der Waals surface area contributed by atoms with Crippen molar-refractivity contribution in [3.05, 3.63) is 59.3 Å². The molecule has 1 fully saturated rings. The molecular weight excluding hydrogens is 499 g/mol. The van der Waals surface area contributed by atoms with E-state index in [0.717, 1.165) is 17.2 Å². The number of alkyl halides is 3. The number of amides is 2. The van der Waals surface area contributed by atoms with Crippen LogP contribution in [0.1, 0.15) is 63.6 Å². The highest BCUT2D eigenvalue weighted by Gasteiger charge is 2.40. The van der Waals surface area contributed by atoms with Gasteiger partial charge in [0, 0.05) is 31.2 Å². The maximum absolute atomic E-state index is 13.4. The fraction of sp³-hybridized carbons (Fsp3) is 0.536. The largest absolute Gasteiger partial charge is 0.476 e. The Hall–Kier alpha value is -3.30. The molecule has 0 radical (unpaired) electrons. The first-order chi connectivity index (χ1) is 17.6. The first-order valence-electron chi connectivity index (χ1n) is 12.6. The number of likely N-dealkylation sites (tertiary alicyclic amines) is 1. The fourth-order valence-electron chi connectivity index (χ4n) is 4.33. The number of carbonyl (C=O) groups is 2. The summed E-state index contributed by atoms with van der Waals surface area (Å²) in [5.41, 5.74) is -0.753. The SMILES string of the molecule is Cc1ccccc1[C@@H]1CN(C(=O)OC(C)(C)C)CC[C@H]1NC(=O)C(C)(C)COc1ncccc1C(F)(F)F. The molecule has 7 nitrogen and oxygen atoms in total. The molecule has 2 heterocycles. The number of hydrogen-bond acceptors (Lipinski definition) is 5. The van der Waals surface area contributed by atoms with Crippen LogP contribution in [0.2, 0.25) is 0 Å². The van der Waals surface area contributed by atoms with Crippen LogP contribution in [0.15, 0.2) is 42.6 Å². The number of nitrogens with one attached hydrogen (secondary N) is 1. The number of nitrogens with zero attached hydrogens (tertiary/aromatic N) is 2. The van der Waals surface area contributed by atoms with Gasteiger partial charge in [-0.1, -0.05) is 24.3 Å². The van der Waals surface area contributed by atoms with Gasteiger partial charge >= 0.3 is 12.3 Å². The third kappa shape index (κ3) is 7.39. The number of aromatic nitrogens is 1. The molecule has 1 aliphatic rings. The number of pyridine rings is 1. The zero-order valence-corrected chi connectivity index (χ0v) is 22.7. The minimum atomic E-state index is -4.63. The van der Waals surface area contributed by atoms with Gasteiger partial charge in [0.2, 0.25) is 11.8 Å². The molecule has 1 aromatic heterocycles. The van der Waals surface area contributed by atoms with Gasteiger partial charge in [-0.2, -0.15) is 13.2 Å². The summed E-state index contributed by atoms with van der Waals surface area (Å²) in [5.74, 6) is -1.13. The van der Waals surface area contributed by atoms with E-state index in [1.807, 2.05) is 52.0 Å². The molecule has 0 bridgehead atoms. The first-order valence-corrected chi connectivity index (χ1v) is 12.6. The number of piperidine rings is 1. The van der Waals surface area contributed by atoms with Gasteiger partial charge in [0.25, 0.3) is 0 Å². The molecular formula is C28H36F3N3O4. The summed E-state index contributed by atoms with van der Waals surface area (Å²) in [6, 6.07) is 9.56. The zero-order valence-electron chi connectivity index (χ0n) is 22.7. The Morgan fingerprint density at radius 3 is 2.39 bits per heavy atom. The average molecular weight is 536 g/mol. The van der Waals surface area contributed by atoms with Crippen LogP contribution in [0.25, 0.3) is 0 Å². The lowest BCUT2D eigenvalue weighted by atomic mass is 9.83. The van der Waals surface area contributed by atoms with E-state index in [4.69, 9.17) is 9.47 Å². The highest BCUT2D eigenvalue weighted by atomic mass is 19.4. The monoisotopic (exact) mass is 535 g/mol. The molecule has 1 aromatic carbocycles. The average Bonchev–Trinajstić information content (AvgIpc) is 2.82. The normalized spacial score (nSPS) is 18.6. The van der Waals surface area contributed by atoms with E-state index in [1.165, 1.54) is 12.3 Å². The van der Waals surface area contributed by atoms with Crippen molar-refractivity contribution in [3.63, 3.8) is 0 Å². The third-order valence-corrected chi connectivity index (χ3v) is 6.43. The predicted molar refractivity (Wildman–Crippen MR) is 137 cm³/mol. The van der Waals surface area contributed by atoms with Crippen LogP contribution < -0.4 is 10.1 Å². The van der Waals surface area contributed by atoms with Crippen LogP contribution in [0.3, 0.4) is 0 Å². The maximum Gasteiger partial charge on any atom is 0.421 e. The van der Waals surface area contributed by atoms with E-state index in [2.05, 4.69) is 10.3 Å². The number of halogens is 3. The van der Waals surface area contributed by atoms with Crippen molar-refractivity contribution >= 4 is 12.0 Å². The van der Waals surface area contributed by atoms with Crippen LogP contribution in [0.5, 0.6) is 5.88 Å². The van der Waals surface area contributed by atoms with Crippen molar-refractivity contribution in [2.24, 2.45) is 5.41 Å². The molecule has 2 aromatic rings. The highest BCUT2D eigenvalue weighted by Crippen LogP contribution is 2.36. The van der Waals surface area contributed by atoms with Crippen LogP contribution in [0, 0.1) is 12.3 Å². The number of aryl methyl sites for hydroxylation is 1. The third-order valence-electron chi connectivity index (χ3n) is 6.43. The molecule has 1 aliphatic heterocycles. The zero-order chi connectivity index (χ0) is 28.3. The quantitative estimate of drug-likeness (QED) is 0.512. The smallest absolute Gasteiger partial charge is 0.421 e. The summed E-state index contributed by atoms with van der Waals surface area (Å²) in [7, 11) is 0. The minimum absolute atomic E-state index is 0.203. The number of carbonyl (C=O) groups excluding carboxylic acids is 2. The Labute approximate surface area is 221 Å². The molecule has 2 amide bonds. The number of benzene rings is 1. The predicted octanol–water partition coefficient (Wildman–Crippen LogP) is 5.72. The lowest BCUT2D eigenvalue weighted by molar-refractivity contribution is -0.139. The Kier molecular flexibility index (Phi) is 8.63. The Morgan fingerprint density at radius 2 is 1.76 bits per heavy atom. The summed E-state index contributed by atoms with van der Waals surface area (Å²) >= 11 is 0. The highest BCUT2D eigenvalue weighted by molar-refractivity contribution is 5.82. The van der Waals surface area contributed by atoms with E-state index < -0.39 is 34.7 Å². The molecule has 1 saturated heterocycles. The van der Waals surface area contributed by atoms with Crippen molar-refractivity contribution in [1.29, 1.82) is 0 Å². The van der Waals surface area contributed by atoms with E-state index in [-0.39, 0.29) is 24.5 Å². The van der Waals surface area contributed by atoms with Crippen LogP contribution in [0.4, 0.5) is 18.0 Å². The summed E-state index contributed by atoms with van der Waals surface area (Å²) < 4.78 is 50.9. The Balaban J connectivity index is 1.76. The lowest BCUT2D eigenvalue weighted by Crippen LogP contribution is -2.54. The van der Waals surface area contributed by atoms with Gasteiger partial charge < -0.3 is 19.7 Å². The van der Waals surface area contributed by atoms with Gasteiger partial charge in [-0.3, -0.25) is 4.79 Å². The second-order valence-electron chi connectivity index (χ2n) is 11.3. The lowest BCUT2D eigenvalue weighted by Gasteiger charge is -2.41. The molecule has 1 N–H and O–H groups in total. The van der Waals surface area contributed by atoms with E-state index in [0.29, 0.717) is 19.5 Å². The molecule has 0 saturated carbocycles. The molecule has 38 heavy (non-hydrogen) atoms. The summed E-state index contributed by atoms with van der Waals surface area (Å²) in [5, 5.41) is 3.08. The molecule has 10 heteroatoms. The molecule has 208 valence electrons. The Morgan fingerprint density at radius 1 is 1.08 bits per heavy atom. The van der Waals surface area contributed by atoms with Gasteiger partial charge in [0.05, 0.1) is 5.41 Å². The summed E-state index contributed by atoms with van der Waals surface area (Å²) in [4.78, 5) is 31.5. The van der Waals surface area contributed by atoms with E-state index in [1.54, 1.807) is 18.7 Å². The van der Waals surface area contributed by atoms with Crippen molar-refractivity contribution in [1.82, 2.24) is 15.2 Å². The molecule has 0 unspecified atom stereocenters. The van der Waals surface area contributed by atoms with Gasteiger partial charge in [0.15, 0.2) is 0 Å². The van der Waals surface area contributed by atoms with Crippen molar-refractivity contribution < 1.29 is 32.2 Å². The van der Waals surface area contributed by atoms with Gasteiger partial charge in [-0.25, -0.2) is 9.78 Å². The van der Waals surface area contributed by atoms with Crippen LogP contribution in [-0.2, 0) is 15.7 Å². The van der Waals surface area contributed by atoms with Crippen molar-refractivity contribution in [2.45, 2.75) is 71.7 Å². The topological polar surface area (TPSA) is 80.8 Å². The van der Waals surface area contributed by atoms with Crippen LogP contribution >= 0.6 is 0 Å². The summed E-state index contributed by atoms with van der Waals surface area (Å²) in [6.45, 7) is 11.1. The van der Waals surface area contributed by atoms with Gasteiger partial charge in [-0.05, 0) is 71.2 Å². The molecule has 2 atom stereocenters. The second kappa shape index (κ2) is 11.2. The van der Waals surface area contributed by atoms with E-state index >= 15 is 0 Å². The van der Waals surface area contributed by atoms with Crippen LogP contribution in [-0.4, -0.2) is 53.2 Å². The standard InChI is InChI=1S/C28H36F3N3O4/c1-18-10-7-8-11-19(18)20-16-34(25(36)38-26(2,3)4)15-13-22(20)33-24(35)27(5,6)17-37-23-21(28(29,30)31)12-9-14-32-23/h7-12,14,20,22H,13,15-17H2,1-6H3,(H,33,35)/t20-,22+/m0/s1. The molecule has 0 aliphatic carbocycles. The van der Waals surface area contributed by atoms with Gasteiger partial charge in [0.1, 0.15) is 17.8 Å². The number of ether oxygens (including phenoxy) is 2. The maximum atomic E-state index is 13.4. The summed E-state index contributed by atoms with van der Waals surface area (Å²) in [6.07, 6.45) is -3.34.